The molecule has 0 aromatic heterocycles. The van der Waals surface area contributed by atoms with E-state index in [1.807, 2.05) is 12.1 Å². The Morgan fingerprint density at radius 3 is 2.58 bits per heavy atom. The molecule has 2 fully saturated rings. The SMILES string of the molecule is Fc1ccc([C@@H](NC[C@H]2CCCCO2)C2CC2)cc1. The minimum Gasteiger partial charge on any atom is -0.377 e. The Balaban J connectivity index is 1.59. The van der Waals surface area contributed by atoms with Crippen molar-refractivity contribution in [2.75, 3.05) is 13.2 Å². The molecule has 1 heterocycles. The van der Waals surface area contributed by atoms with E-state index in [1.54, 1.807) is 12.1 Å². The molecule has 1 saturated heterocycles. The number of nitrogens with one attached hydrogen (secondary N) is 1. The third-order valence-corrected chi connectivity index (χ3v) is 4.16. The lowest BCUT2D eigenvalue weighted by atomic mass is 10.0. The molecule has 0 unspecified atom stereocenters. The van der Waals surface area contributed by atoms with Crippen LogP contribution in [0.4, 0.5) is 4.39 Å². The molecular weight excluding hydrogens is 241 g/mol. The smallest absolute Gasteiger partial charge is 0.123 e. The second kappa shape index (κ2) is 6.02. The number of ether oxygens (including phenoxy) is 1. The first-order valence-corrected chi connectivity index (χ1v) is 7.43. The van der Waals surface area contributed by atoms with Gasteiger partial charge in [0.1, 0.15) is 5.82 Å². The molecule has 0 amide bonds. The Labute approximate surface area is 114 Å². The van der Waals surface area contributed by atoms with E-state index in [0.29, 0.717) is 18.1 Å². The quantitative estimate of drug-likeness (QED) is 0.878. The van der Waals surface area contributed by atoms with E-state index < -0.39 is 0 Å². The van der Waals surface area contributed by atoms with Crippen LogP contribution in [0.5, 0.6) is 0 Å². The van der Waals surface area contributed by atoms with Crippen LogP contribution in [0.15, 0.2) is 24.3 Å². The van der Waals surface area contributed by atoms with Crippen molar-refractivity contribution in [2.24, 2.45) is 5.92 Å². The molecular formula is C16H22FNO. The summed E-state index contributed by atoms with van der Waals surface area (Å²) in [4.78, 5) is 0. The average molecular weight is 263 g/mol. The van der Waals surface area contributed by atoms with Crippen molar-refractivity contribution < 1.29 is 9.13 Å². The van der Waals surface area contributed by atoms with Gasteiger partial charge < -0.3 is 10.1 Å². The van der Waals surface area contributed by atoms with Gasteiger partial charge in [-0.1, -0.05) is 12.1 Å². The summed E-state index contributed by atoms with van der Waals surface area (Å²) in [6, 6.07) is 7.30. The van der Waals surface area contributed by atoms with E-state index in [1.165, 1.54) is 31.2 Å². The predicted molar refractivity (Wildman–Crippen MR) is 73.5 cm³/mol. The van der Waals surface area contributed by atoms with E-state index in [4.69, 9.17) is 4.74 Å². The fourth-order valence-corrected chi connectivity index (χ4v) is 2.88. The van der Waals surface area contributed by atoms with Gasteiger partial charge in [0.2, 0.25) is 0 Å². The molecule has 104 valence electrons. The highest BCUT2D eigenvalue weighted by Gasteiger charge is 2.32. The number of halogens is 1. The summed E-state index contributed by atoms with van der Waals surface area (Å²) in [7, 11) is 0. The first-order valence-electron chi connectivity index (χ1n) is 7.43. The van der Waals surface area contributed by atoms with Crippen LogP contribution in [0.3, 0.4) is 0 Å². The second-order valence-corrected chi connectivity index (χ2v) is 5.76. The molecule has 0 bridgehead atoms. The van der Waals surface area contributed by atoms with E-state index >= 15 is 0 Å². The third-order valence-electron chi connectivity index (χ3n) is 4.16. The fraction of sp³-hybridized carbons (Fsp3) is 0.625. The molecule has 2 aliphatic rings. The van der Waals surface area contributed by atoms with Gasteiger partial charge in [-0.25, -0.2) is 4.39 Å². The van der Waals surface area contributed by atoms with Crippen LogP contribution in [-0.2, 0) is 4.74 Å². The largest absolute Gasteiger partial charge is 0.377 e. The maximum Gasteiger partial charge on any atom is 0.123 e. The Morgan fingerprint density at radius 2 is 1.95 bits per heavy atom. The standard InChI is InChI=1S/C16H22FNO/c17-14-8-6-13(7-9-14)16(12-4-5-12)18-11-15-3-1-2-10-19-15/h6-9,12,15-16,18H,1-5,10-11H2/t15-,16+/m1/s1. The Kier molecular flexibility index (Phi) is 4.14. The number of rotatable bonds is 5. The van der Waals surface area contributed by atoms with Gasteiger partial charge in [-0.2, -0.15) is 0 Å². The molecule has 3 rings (SSSR count). The van der Waals surface area contributed by atoms with Gasteiger partial charge in [0.25, 0.3) is 0 Å². The van der Waals surface area contributed by atoms with Gasteiger partial charge in [-0.3, -0.25) is 0 Å². The maximum atomic E-state index is 13.0. The van der Waals surface area contributed by atoms with Gasteiger partial charge in [-0.15, -0.1) is 0 Å². The van der Waals surface area contributed by atoms with Crippen LogP contribution < -0.4 is 5.32 Å². The summed E-state index contributed by atoms with van der Waals surface area (Å²) in [6.45, 7) is 1.82. The fourth-order valence-electron chi connectivity index (χ4n) is 2.88. The zero-order valence-corrected chi connectivity index (χ0v) is 11.3. The molecule has 0 spiro atoms. The van der Waals surface area contributed by atoms with Crippen LogP contribution in [0.2, 0.25) is 0 Å². The molecule has 1 aromatic carbocycles. The van der Waals surface area contributed by atoms with Crippen molar-refractivity contribution in [2.45, 2.75) is 44.2 Å². The topological polar surface area (TPSA) is 21.3 Å². The van der Waals surface area contributed by atoms with Crippen molar-refractivity contribution in [1.29, 1.82) is 0 Å². The molecule has 1 aliphatic heterocycles. The minimum atomic E-state index is -0.158. The Morgan fingerprint density at radius 1 is 1.16 bits per heavy atom. The van der Waals surface area contributed by atoms with Gasteiger partial charge in [0.15, 0.2) is 0 Å². The Hall–Kier alpha value is -0.930. The van der Waals surface area contributed by atoms with Crippen molar-refractivity contribution in [1.82, 2.24) is 5.32 Å². The number of hydrogen-bond donors (Lipinski definition) is 1. The van der Waals surface area contributed by atoms with Crippen molar-refractivity contribution in [3.8, 4) is 0 Å². The highest BCUT2D eigenvalue weighted by Crippen LogP contribution is 2.41. The number of benzene rings is 1. The number of hydrogen-bond acceptors (Lipinski definition) is 2. The monoisotopic (exact) mass is 263 g/mol. The van der Waals surface area contributed by atoms with Crippen LogP contribution in [0.25, 0.3) is 0 Å². The Bertz CT molecular complexity index is 396. The van der Waals surface area contributed by atoms with Gasteiger partial charge in [-0.05, 0) is 55.7 Å². The summed E-state index contributed by atoms with van der Waals surface area (Å²) in [5.41, 5.74) is 1.21. The highest BCUT2D eigenvalue weighted by atomic mass is 19.1. The summed E-state index contributed by atoms with van der Waals surface area (Å²) >= 11 is 0. The third kappa shape index (κ3) is 3.54. The predicted octanol–water partition coefficient (Wildman–Crippen LogP) is 3.44. The van der Waals surface area contributed by atoms with Gasteiger partial charge in [0.05, 0.1) is 6.10 Å². The van der Waals surface area contributed by atoms with Crippen molar-refractivity contribution in [3.05, 3.63) is 35.6 Å². The summed E-state index contributed by atoms with van der Waals surface area (Å²) in [5.74, 6) is 0.558. The van der Waals surface area contributed by atoms with Gasteiger partial charge in [0, 0.05) is 19.2 Å². The lowest BCUT2D eigenvalue weighted by Crippen LogP contribution is -2.34. The average Bonchev–Trinajstić information content (AvgIpc) is 3.27. The lowest BCUT2D eigenvalue weighted by molar-refractivity contribution is 0.0149. The molecule has 1 aromatic rings. The van der Waals surface area contributed by atoms with Crippen molar-refractivity contribution >= 4 is 0 Å². The summed E-state index contributed by atoms with van der Waals surface area (Å²) in [5, 5.41) is 3.64. The normalized spacial score (nSPS) is 25.2. The highest BCUT2D eigenvalue weighted by molar-refractivity contribution is 5.22. The molecule has 2 atom stereocenters. The molecule has 1 aliphatic carbocycles. The molecule has 1 N–H and O–H groups in total. The molecule has 2 nitrogen and oxygen atoms in total. The molecule has 19 heavy (non-hydrogen) atoms. The van der Waals surface area contributed by atoms with Crippen LogP contribution in [0, 0.1) is 11.7 Å². The maximum absolute atomic E-state index is 13.0. The first-order chi connectivity index (χ1) is 9.33. The first kappa shape index (κ1) is 13.1. The molecule has 0 radical (unpaired) electrons. The van der Waals surface area contributed by atoms with Crippen molar-refractivity contribution in [3.63, 3.8) is 0 Å². The summed E-state index contributed by atoms with van der Waals surface area (Å²) in [6.07, 6.45) is 6.54. The van der Waals surface area contributed by atoms with Crippen LogP contribution in [0.1, 0.15) is 43.7 Å². The van der Waals surface area contributed by atoms with Crippen LogP contribution in [-0.4, -0.2) is 19.3 Å². The zero-order chi connectivity index (χ0) is 13.1. The molecule has 3 heteroatoms. The second-order valence-electron chi connectivity index (χ2n) is 5.76. The van der Waals surface area contributed by atoms with E-state index in [2.05, 4.69) is 5.32 Å². The summed E-state index contributed by atoms with van der Waals surface area (Å²) < 4.78 is 18.8. The molecule has 1 saturated carbocycles. The van der Waals surface area contributed by atoms with E-state index in [0.717, 1.165) is 19.6 Å². The minimum absolute atomic E-state index is 0.158. The van der Waals surface area contributed by atoms with Gasteiger partial charge >= 0.3 is 0 Å². The van der Waals surface area contributed by atoms with E-state index in [9.17, 15) is 4.39 Å². The van der Waals surface area contributed by atoms with Crippen LogP contribution >= 0.6 is 0 Å². The van der Waals surface area contributed by atoms with E-state index in [-0.39, 0.29) is 5.82 Å². The lowest BCUT2D eigenvalue weighted by Gasteiger charge is -2.26. The zero-order valence-electron chi connectivity index (χ0n) is 11.3.